The first-order valence-corrected chi connectivity index (χ1v) is 7.60. The SMILES string of the molecule is Cc1ncn(CC(=O)Nc2cnc(-n3ccnc3C)nc2)c(=O)c1C. The van der Waals surface area contributed by atoms with Crippen LogP contribution in [-0.2, 0) is 11.3 Å². The normalized spacial score (nSPS) is 10.7. The number of rotatable bonds is 4. The molecular formula is C16H17N7O2. The lowest BCUT2D eigenvalue weighted by molar-refractivity contribution is -0.116. The first kappa shape index (κ1) is 16.5. The molecule has 0 aliphatic carbocycles. The second-order valence-electron chi connectivity index (χ2n) is 5.55. The molecule has 128 valence electrons. The van der Waals surface area contributed by atoms with E-state index in [2.05, 4.69) is 25.3 Å². The average molecular weight is 339 g/mol. The molecule has 3 aromatic rings. The lowest BCUT2D eigenvalue weighted by atomic mass is 10.3. The fraction of sp³-hybridized carbons (Fsp3) is 0.250. The van der Waals surface area contributed by atoms with E-state index in [0.717, 1.165) is 5.82 Å². The zero-order valence-electron chi connectivity index (χ0n) is 14.1. The van der Waals surface area contributed by atoms with Gasteiger partial charge in [0, 0.05) is 23.7 Å². The molecular weight excluding hydrogens is 322 g/mol. The molecule has 1 N–H and O–H groups in total. The molecule has 9 heteroatoms. The van der Waals surface area contributed by atoms with Gasteiger partial charge in [-0.2, -0.15) is 0 Å². The minimum absolute atomic E-state index is 0.130. The molecule has 0 atom stereocenters. The van der Waals surface area contributed by atoms with Crippen molar-refractivity contribution in [1.82, 2.24) is 29.1 Å². The van der Waals surface area contributed by atoms with Gasteiger partial charge in [0.05, 0.1) is 24.4 Å². The van der Waals surface area contributed by atoms with E-state index in [-0.39, 0.29) is 18.0 Å². The van der Waals surface area contributed by atoms with Gasteiger partial charge in [-0.3, -0.25) is 18.7 Å². The number of hydrogen-bond acceptors (Lipinski definition) is 6. The van der Waals surface area contributed by atoms with E-state index in [1.54, 1.807) is 30.8 Å². The summed E-state index contributed by atoms with van der Waals surface area (Å²) in [5.74, 6) is 0.864. The van der Waals surface area contributed by atoms with Crippen LogP contribution in [0.25, 0.3) is 5.95 Å². The molecule has 0 aliphatic heterocycles. The number of hydrogen-bond donors (Lipinski definition) is 1. The summed E-state index contributed by atoms with van der Waals surface area (Å²) in [6.07, 6.45) is 7.78. The van der Waals surface area contributed by atoms with Crippen LogP contribution in [0.4, 0.5) is 5.69 Å². The maximum absolute atomic E-state index is 12.1. The van der Waals surface area contributed by atoms with Crippen LogP contribution < -0.4 is 10.9 Å². The lowest BCUT2D eigenvalue weighted by Gasteiger charge is -2.09. The van der Waals surface area contributed by atoms with E-state index in [4.69, 9.17) is 0 Å². The van der Waals surface area contributed by atoms with Crippen molar-refractivity contribution in [2.75, 3.05) is 5.32 Å². The zero-order valence-corrected chi connectivity index (χ0v) is 14.1. The molecule has 1 amide bonds. The number of amides is 1. The van der Waals surface area contributed by atoms with Gasteiger partial charge < -0.3 is 5.32 Å². The molecule has 3 heterocycles. The number of imidazole rings is 1. The van der Waals surface area contributed by atoms with Gasteiger partial charge in [0.1, 0.15) is 12.4 Å². The van der Waals surface area contributed by atoms with Gasteiger partial charge in [-0.05, 0) is 20.8 Å². The summed E-state index contributed by atoms with van der Waals surface area (Å²) in [5, 5.41) is 2.66. The number of aromatic nitrogens is 6. The Morgan fingerprint density at radius 1 is 1.12 bits per heavy atom. The molecule has 0 unspecified atom stereocenters. The van der Waals surface area contributed by atoms with Crippen LogP contribution in [-0.4, -0.2) is 35.0 Å². The Kier molecular flexibility index (Phi) is 4.38. The summed E-state index contributed by atoms with van der Waals surface area (Å²) in [6, 6.07) is 0. The van der Waals surface area contributed by atoms with Crippen molar-refractivity contribution in [3.63, 3.8) is 0 Å². The Morgan fingerprint density at radius 3 is 2.48 bits per heavy atom. The van der Waals surface area contributed by atoms with Crippen molar-refractivity contribution in [2.45, 2.75) is 27.3 Å². The van der Waals surface area contributed by atoms with Crippen LogP contribution in [0, 0.1) is 20.8 Å². The second kappa shape index (κ2) is 6.63. The van der Waals surface area contributed by atoms with Gasteiger partial charge in [0.25, 0.3) is 5.56 Å². The Balaban J connectivity index is 1.70. The predicted octanol–water partition coefficient (Wildman–Crippen LogP) is 0.783. The standard InChI is InChI=1S/C16H17N7O2/c1-10-11(2)20-9-22(15(10)25)8-14(24)21-13-6-18-16(19-7-13)23-5-4-17-12(23)3/h4-7,9H,8H2,1-3H3,(H,21,24). The van der Waals surface area contributed by atoms with Crippen molar-refractivity contribution in [2.24, 2.45) is 0 Å². The monoisotopic (exact) mass is 339 g/mol. The summed E-state index contributed by atoms with van der Waals surface area (Å²) >= 11 is 0. The van der Waals surface area contributed by atoms with Crippen LogP contribution in [0.1, 0.15) is 17.1 Å². The fourth-order valence-corrected chi connectivity index (χ4v) is 2.24. The van der Waals surface area contributed by atoms with E-state index in [0.29, 0.717) is 22.9 Å². The Bertz CT molecular complexity index is 973. The lowest BCUT2D eigenvalue weighted by Crippen LogP contribution is -2.29. The highest BCUT2D eigenvalue weighted by Crippen LogP contribution is 2.08. The summed E-state index contributed by atoms with van der Waals surface area (Å²) in [7, 11) is 0. The molecule has 3 aromatic heterocycles. The number of aryl methyl sites for hydroxylation is 2. The predicted molar refractivity (Wildman–Crippen MR) is 90.5 cm³/mol. The summed E-state index contributed by atoms with van der Waals surface area (Å²) in [4.78, 5) is 40.8. The van der Waals surface area contributed by atoms with Crippen molar-refractivity contribution in [1.29, 1.82) is 0 Å². The maximum Gasteiger partial charge on any atom is 0.256 e. The number of carbonyl (C=O) groups is 1. The molecule has 0 spiro atoms. The molecule has 0 saturated carbocycles. The van der Waals surface area contributed by atoms with Gasteiger partial charge >= 0.3 is 0 Å². The molecule has 9 nitrogen and oxygen atoms in total. The fourth-order valence-electron chi connectivity index (χ4n) is 2.24. The van der Waals surface area contributed by atoms with Gasteiger partial charge in [-0.1, -0.05) is 0 Å². The van der Waals surface area contributed by atoms with Crippen LogP contribution in [0.3, 0.4) is 0 Å². The van der Waals surface area contributed by atoms with Crippen LogP contribution >= 0.6 is 0 Å². The molecule has 0 aliphatic rings. The van der Waals surface area contributed by atoms with Crippen molar-refractivity contribution >= 4 is 11.6 Å². The smallest absolute Gasteiger partial charge is 0.256 e. The van der Waals surface area contributed by atoms with Gasteiger partial charge in [-0.15, -0.1) is 0 Å². The first-order valence-electron chi connectivity index (χ1n) is 7.60. The van der Waals surface area contributed by atoms with Crippen LogP contribution in [0.2, 0.25) is 0 Å². The molecule has 0 radical (unpaired) electrons. The highest BCUT2D eigenvalue weighted by Gasteiger charge is 2.10. The Morgan fingerprint density at radius 2 is 1.84 bits per heavy atom. The quantitative estimate of drug-likeness (QED) is 0.753. The van der Waals surface area contributed by atoms with Gasteiger partial charge in [0.2, 0.25) is 11.9 Å². The molecule has 3 rings (SSSR count). The third kappa shape index (κ3) is 3.44. The largest absolute Gasteiger partial charge is 0.322 e. The number of nitrogens with zero attached hydrogens (tertiary/aromatic N) is 6. The van der Waals surface area contributed by atoms with Crippen LogP contribution in [0.15, 0.2) is 35.9 Å². The molecule has 25 heavy (non-hydrogen) atoms. The third-order valence-electron chi connectivity index (χ3n) is 3.79. The summed E-state index contributed by atoms with van der Waals surface area (Å²) in [5.41, 5.74) is 1.39. The van der Waals surface area contributed by atoms with Crippen molar-refractivity contribution < 1.29 is 4.79 Å². The second-order valence-corrected chi connectivity index (χ2v) is 5.55. The number of nitrogens with one attached hydrogen (secondary N) is 1. The third-order valence-corrected chi connectivity index (χ3v) is 3.79. The minimum atomic E-state index is -0.359. The van der Waals surface area contributed by atoms with Crippen molar-refractivity contribution in [3.05, 3.63) is 58.6 Å². The first-order chi connectivity index (χ1) is 12.0. The molecule has 0 aromatic carbocycles. The van der Waals surface area contributed by atoms with Crippen LogP contribution in [0.5, 0.6) is 0 Å². The van der Waals surface area contributed by atoms with E-state index in [1.165, 1.54) is 23.3 Å². The highest BCUT2D eigenvalue weighted by atomic mass is 16.2. The van der Waals surface area contributed by atoms with Gasteiger partial charge in [0.15, 0.2) is 0 Å². The summed E-state index contributed by atoms with van der Waals surface area (Å²) < 4.78 is 2.99. The van der Waals surface area contributed by atoms with Gasteiger partial charge in [-0.25, -0.2) is 19.9 Å². The summed E-state index contributed by atoms with van der Waals surface area (Å²) in [6.45, 7) is 5.15. The zero-order chi connectivity index (χ0) is 18.0. The van der Waals surface area contributed by atoms with E-state index in [1.807, 2.05) is 6.92 Å². The average Bonchev–Trinajstić information content (AvgIpc) is 3.02. The number of anilines is 1. The van der Waals surface area contributed by atoms with E-state index >= 15 is 0 Å². The van der Waals surface area contributed by atoms with E-state index < -0.39 is 0 Å². The van der Waals surface area contributed by atoms with E-state index in [9.17, 15) is 9.59 Å². The molecule has 0 bridgehead atoms. The minimum Gasteiger partial charge on any atom is -0.322 e. The topological polar surface area (TPSA) is 108 Å². The Hall–Kier alpha value is -3.36. The number of carbonyl (C=O) groups excluding carboxylic acids is 1. The molecule has 0 fully saturated rings. The van der Waals surface area contributed by atoms with Crippen molar-refractivity contribution in [3.8, 4) is 5.95 Å². The highest BCUT2D eigenvalue weighted by molar-refractivity contribution is 5.90. The Labute approximate surface area is 143 Å². The maximum atomic E-state index is 12.1. The molecule has 0 saturated heterocycles.